The first-order valence-corrected chi connectivity index (χ1v) is 9.56. The van der Waals surface area contributed by atoms with Crippen LogP contribution in [0.4, 0.5) is 16.3 Å². The van der Waals surface area contributed by atoms with Gasteiger partial charge < -0.3 is 14.8 Å². The zero-order valence-corrected chi connectivity index (χ0v) is 17.3. The van der Waals surface area contributed by atoms with Gasteiger partial charge in [0.15, 0.2) is 23.0 Å². The van der Waals surface area contributed by atoms with Gasteiger partial charge in [-0.15, -0.1) is 0 Å². The van der Waals surface area contributed by atoms with Gasteiger partial charge >= 0.3 is 6.03 Å². The molecule has 2 amide bonds. The minimum absolute atomic E-state index is 0.300. The number of urea groups is 1. The first kappa shape index (κ1) is 20.1. The second kappa shape index (κ2) is 8.66. The fourth-order valence-corrected chi connectivity index (χ4v) is 3.03. The smallest absolute Gasteiger partial charge is 0.324 e. The van der Waals surface area contributed by atoms with Gasteiger partial charge in [-0.05, 0) is 49.4 Å². The van der Waals surface area contributed by atoms with Crippen LogP contribution in [-0.4, -0.2) is 35.2 Å². The number of hydrogen-bond donors (Lipinski definition) is 2. The van der Waals surface area contributed by atoms with Crippen LogP contribution < -0.4 is 20.1 Å². The van der Waals surface area contributed by atoms with Crippen LogP contribution in [0.3, 0.4) is 0 Å². The average molecular weight is 415 g/mol. The second-order valence-electron chi connectivity index (χ2n) is 6.81. The summed E-state index contributed by atoms with van der Waals surface area (Å²) in [6.07, 6.45) is 1.49. The topological polar surface area (TPSA) is 98.3 Å². The number of fused-ring (bicyclic) bond motifs is 1. The number of nitrogens with zero attached hydrogens (tertiary/aromatic N) is 3. The Morgan fingerprint density at radius 2 is 1.65 bits per heavy atom. The predicted octanol–water partition coefficient (Wildman–Crippen LogP) is 4.66. The number of ether oxygens (including phenoxy) is 2. The van der Waals surface area contributed by atoms with Gasteiger partial charge in [0.25, 0.3) is 0 Å². The number of benzene rings is 2. The van der Waals surface area contributed by atoms with E-state index in [4.69, 9.17) is 9.47 Å². The molecule has 0 unspecified atom stereocenters. The van der Waals surface area contributed by atoms with Crippen LogP contribution in [-0.2, 0) is 0 Å². The summed E-state index contributed by atoms with van der Waals surface area (Å²) in [6, 6.07) is 16.3. The molecule has 0 aliphatic rings. The molecule has 2 N–H and O–H groups in total. The van der Waals surface area contributed by atoms with E-state index in [0.717, 1.165) is 11.1 Å². The Morgan fingerprint density at radius 3 is 2.39 bits per heavy atom. The van der Waals surface area contributed by atoms with Crippen LogP contribution in [0.2, 0.25) is 0 Å². The number of rotatable bonds is 5. The maximum Gasteiger partial charge on any atom is 0.324 e. The van der Waals surface area contributed by atoms with Crippen molar-refractivity contribution in [2.45, 2.75) is 6.92 Å². The molecule has 8 nitrogen and oxygen atoms in total. The lowest BCUT2D eigenvalue weighted by atomic mass is 10.1. The number of pyridine rings is 1. The van der Waals surface area contributed by atoms with Crippen molar-refractivity contribution in [2.24, 2.45) is 0 Å². The first-order valence-electron chi connectivity index (χ1n) is 9.56. The van der Waals surface area contributed by atoms with Crippen molar-refractivity contribution in [1.29, 1.82) is 0 Å². The molecule has 4 rings (SSSR count). The van der Waals surface area contributed by atoms with Crippen LogP contribution in [0.1, 0.15) is 5.56 Å². The van der Waals surface area contributed by atoms with Gasteiger partial charge in [0.2, 0.25) is 0 Å². The molecule has 0 spiro atoms. The van der Waals surface area contributed by atoms with E-state index in [0.29, 0.717) is 39.9 Å². The molecule has 2 aromatic carbocycles. The molecular formula is C23H21N5O3. The molecule has 4 aromatic rings. The summed E-state index contributed by atoms with van der Waals surface area (Å²) in [6.45, 7) is 1.98. The van der Waals surface area contributed by atoms with Gasteiger partial charge in [-0.25, -0.2) is 19.7 Å². The number of aromatic nitrogens is 3. The molecule has 0 atom stereocenters. The molecule has 31 heavy (non-hydrogen) atoms. The van der Waals surface area contributed by atoms with E-state index < -0.39 is 6.03 Å². The molecule has 0 saturated carbocycles. The van der Waals surface area contributed by atoms with Crippen molar-refractivity contribution in [3.8, 4) is 22.8 Å². The maximum atomic E-state index is 12.3. The number of methoxy groups -OCH3 is 2. The van der Waals surface area contributed by atoms with Crippen molar-refractivity contribution < 1.29 is 14.3 Å². The molecule has 0 bridgehead atoms. The summed E-state index contributed by atoms with van der Waals surface area (Å²) < 4.78 is 10.7. The predicted molar refractivity (Wildman–Crippen MR) is 120 cm³/mol. The zero-order chi connectivity index (χ0) is 21.8. The zero-order valence-electron chi connectivity index (χ0n) is 17.3. The standard InChI is InChI=1S/C23H21N5O3/c1-14-4-7-16(8-5-14)25-23(29)28-21-13-24-18-10-9-17(26-22(18)27-21)15-6-11-19(30-2)20(12-15)31-3/h4-13H,1-3H3,(H2,25,26,27,28,29). The van der Waals surface area contributed by atoms with Gasteiger partial charge in [0.1, 0.15) is 5.52 Å². The fourth-order valence-electron chi connectivity index (χ4n) is 3.03. The number of aryl methyl sites for hydroxylation is 1. The number of hydrogen-bond acceptors (Lipinski definition) is 6. The van der Waals surface area contributed by atoms with Gasteiger partial charge in [0, 0.05) is 11.3 Å². The SMILES string of the molecule is COc1ccc(-c2ccc3ncc(NC(=O)Nc4ccc(C)cc4)nc3n2)cc1OC. The highest BCUT2D eigenvalue weighted by molar-refractivity contribution is 5.99. The molecule has 156 valence electrons. The molecular weight excluding hydrogens is 394 g/mol. The van der Waals surface area contributed by atoms with Gasteiger partial charge in [-0.3, -0.25) is 5.32 Å². The highest BCUT2D eigenvalue weighted by atomic mass is 16.5. The largest absolute Gasteiger partial charge is 0.493 e. The van der Waals surface area contributed by atoms with Crippen molar-refractivity contribution in [3.05, 3.63) is 66.4 Å². The van der Waals surface area contributed by atoms with Gasteiger partial charge in [-0.1, -0.05) is 17.7 Å². The van der Waals surface area contributed by atoms with Crippen molar-refractivity contribution in [3.63, 3.8) is 0 Å². The summed E-state index contributed by atoms with van der Waals surface area (Å²) in [7, 11) is 3.17. The molecule has 8 heteroatoms. The Labute approximate surface area is 179 Å². The third-order valence-corrected chi connectivity index (χ3v) is 4.64. The number of amides is 2. The Hall–Kier alpha value is -4.20. The van der Waals surface area contributed by atoms with Crippen LogP contribution in [0.25, 0.3) is 22.4 Å². The third-order valence-electron chi connectivity index (χ3n) is 4.64. The number of carbonyl (C=O) groups is 1. The number of anilines is 2. The first-order chi connectivity index (χ1) is 15.1. The van der Waals surface area contributed by atoms with Crippen LogP contribution in [0.15, 0.2) is 60.8 Å². The Bertz CT molecular complexity index is 1240. The molecule has 0 saturated heterocycles. The Morgan fingerprint density at radius 1 is 0.871 bits per heavy atom. The highest BCUT2D eigenvalue weighted by Crippen LogP contribution is 2.32. The van der Waals surface area contributed by atoms with Crippen LogP contribution >= 0.6 is 0 Å². The van der Waals surface area contributed by atoms with Gasteiger partial charge in [-0.2, -0.15) is 0 Å². The lowest BCUT2D eigenvalue weighted by Crippen LogP contribution is -2.20. The molecule has 0 aliphatic heterocycles. The summed E-state index contributed by atoms with van der Waals surface area (Å²) >= 11 is 0. The molecule has 0 aliphatic carbocycles. The summed E-state index contributed by atoms with van der Waals surface area (Å²) in [5.74, 6) is 1.54. The quantitative estimate of drug-likeness (QED) is 0.492. The maximum absolute atomic E-state index is 12.3. The highest BCUT2D eigenvalue weighted by Gasteiger charge is 2.10. The fraction of sp³-hybridized carbons (Fsp3) is 0.130. The van der Waals surface area contributed by atoms with E-state index >= 15 is 0 Å². The van der Waals surface area contributed by atoms with Crippen molar-refractivity contribution in [1.82, 2.24) is 15.0 Å². The van der Waals surface area contributed by atoms with E-state index in [1.807, 2.05) is 61.5 Å². The van der Waals surface area contributed by atoms with E-state index in [1.54, 1.807) is 14.2 Å². The lowest BCUT2D eigenvalue weighted by molar-refractivity contribution is 0.262. The normalized spacial score (nSPS) is 10.5. The summed E-state index contributed by atoms with van der Waals surface area (Å²) in [5, 5.41) is 5.45. The number of carbonyl (C=O) groups excluding carboxylic acids is 1. The van der Waals surface area contributed by atoms with E-state index in [2.05, 4.69) is 25.6 Å². The summed E-state index contributed by atoms with van der Waals surface area (Å²) in [5.41, 5.74) is 4.38. The molecule has 0 radical (unpaired) electrons. The number of nitrogens with one attached hydrogen (secondary N) is 2. The van der Waals surface area contributed by atoms with Crippen molar-refractivity contribution >= 4 is 28.7 Å². The third kappa shape index (κ3) is 4.53. The summed E-state index contributed by atoms with van der Waals surface area (Å²) in [4.78, 5) is 25.7. The lowest BCUT2D eigenvalue weighted by Gasteiger charge is -2.10. The van der Waals surface area contributed by atoms with Gasteiger partial charge in [0.05, 0.1) is 26.1 Å². The van der Waals surface area contributed by atoms with E-state index in [9.17, 15) is 4.79 Å². The van der Waals surface area contributed by atoms with Crippen LogP contribution in [0, 0.1) is 6.92 Å². The Balaban J connectivity index is 1.57. The minimum Gasteiger partial charge on any atom is -0.493 e. The Kier molecular flexibility index (Phi) is 5.61. The monoisotopic (exact) mass is 415 g/mol. The van der Waals surface area contributed by atoms with E-state index in [-0.39, 0.29) is 0 Å². The van der Waals surface area contributed by atoms with Crippen LogP contribution in [0.5, 0.6) is 11.5 Å². The molecule has 2 aromatic heterocycles. The second-order valence-corrected chi connectivity index (χ2v) is 6.81. The molecule has 0 fully saturated rings. The average Bonchev–Trinajstić information content (AvgIpc) is 2.79. The van der Waals surface area contributed by atoms with Crippen molar-refractivity contribution in [2.75, 3.05) is 24.9 Å². The molecule has 2 heterocycles. The van der Waals surface area contributed by atoms with E-state index in [1.165, 1.54) is 6.20 Å². The minimum atomic E-state index is -0.409.